The molecule has 120 valence electrons. The van der Waals surface area contributed by atoms with E-state index >= 15 is 0 Å². The first kappa shape index (κ1) is 18.0. The summed E-state index contributed by atoms with van der Waals surface area (Å²) in [6, 6.07) is 0.723. The summed E-state index contributed by atoms with van der Waals surface area (Å²) in [5, 5.41) is 0. The lowest BCUT2D eigenvalue weighted by atomic mass is 9.65. The average molecular weight is 283 g/mol. The van der Waals surface area contributed by atoms with Crippen LogP contribution in [-0.2, 0) is 0 Å². The molecule has 1 aliphatic rings. The van der Waals surface area contributed by atoms with Crippen molar-refractivity contribution in [3.05, 3.63) is 0 Å². The molecule has 0 amide bonds. The Labute approximate surface area is 127 Å². The van der Waals surface area contributed by atoms with Gasteiger partial charge in [0.05, 0.1) is 0 Å². The molecular weight excluding hydrogens is 244 g/mol. The van der Waals surface area contributed by atoms with E-state index in [-0.39, 0.29) is 0 Å². The van der Waals surface area contributed by atoms with Gasteiger partial charge < -0.3 is 10.6 Å². The highest BCUT2D eigenvalue weighted by molar-refractivity contribution is 4.91. The molecule has 0 aromatic heterocycles. The van der Waals surface area contributed by atoms with Gasteiger partial charge in [-0.3, -0.25) is 0 Å². The summed E-state index contributed by atoms with van der Waals surface area (Å²) >= 11 is 0. The van der Waals surface area contributed by atoms with Crippen LogP contribution in [0.15, 0.2) is 0 Å². The molecule has 1 fully saturated rings. The van der Waals surface area contributed by atoms with Crippen molar-refractivity contribution in [2.45, 2.75) is 79.2 Å². The van der Waals surface area contributed by atoms with Gasteiger partial charge in [-0.05, 0) is 62.6 Å². The molecule has 20 heavy (non-hydrogen) atoms. The monoisotopic (exact) mass is 282 g/mol. The van der Waals surface area contributed by atoms with Crippen LogP contribution in [0.5, 0.6) is 0 Å². The van der Waals surface area contributed by atoms with Gasteiger partial charge >= 0.3 is 0 Å². The fourth-order valence-corrected chi connectivity index (χ4v) is 3.85. The van der Waals surface area contributed by atoms with Gasteiger partial charge in [-0.1, -0.05) is 47.5 Å². The van der Waals surface area contributed by atoms with Gasteiger partial charge in [0.25, 0.3) is 0 Å². The van der Waals surface area contributed by atoms with Gasteiger partial charge in [0, 0.05) is 6.04 Å². The second-order valence-electron chi connectivity index (χ2n) is 7.40. The molecule has 0 radical (unpaired) electrons. The first-order valence-electron chi connectivity index (χ1n) is 8.94. The average Bonchev–Trinajstić information content (AvgIpc) is 2.47. The van der Waals surface area contributed by atoms with E-state index in [1.165, 1.54) is 51.6 Å². The minimum absolute atomic E-state index is 0.488. The van der Waals surface area contributed by atoms with Crippen molar-refractivity contribution in [3.63, 3.8) is 0 Å². The highest BCUT2D eigenvalue weighted by Crippen LogP contribution is 2.43. The van der Waals surface area contributed by atoms with Crippen molar-refractivity contribution < 1.29 is 0 Å². The van der Waals surface area contributed by atoms with Crippen LogP contribution in [0.3, 0.4) is 0 Å². The number of nitrogens with zero attached hydrogens (tertiary/aromatic N) is 1. The Kier molecular flexibility index (Phi) is 7.53. The number of hydrogen-bond donors (Lipinski definition) is 1. The Morgan fingerprint density at radius 1 is 1.15 bits per heavy atom. The van der Waals surface area contributed by atoms with E-state index in [0.29, 0.717) is 5.41 Å². The zero-order valence-electron chi connectivity index (χ0n) is 14.6. The molecular formula is C18H38N2. The summed E-state index contributed by atoms with van der Waals surface area (Å²) in [6.07, 6.45) is 7.98. The van der Waals surface area contributed by atoms with Crippen molar-refractivity contribution in [3.8, 4) is 0 Å². The van der Waals surface area contributed by atoms with Crippen molar-refractivity contribution in [1.82, 2.24) is 4.90 Å². The molecule has 0 aromatic carbocycles. The molecule has 0 heterocycles. The normalized spacial score (nSPS) is 28.1. The summed E-state index contributed by atoms with van der Waals surface area (Å²) in [7, 11) is 0. The number of rotatable bonds is 8. The van der Waals surface area contributed by atoms with Gasteiger partial charge in [-0.15, -0.1) is 0 Å². The summed E-state index contributed by atoms with van der Waals surface area (Å²) < 4.78 is 0. The maximum atomic E-state index is 6.08. The molecule has 1 rings (SSSR count). The highest BCUT2D eigenvalue weighted by Gasteiger charge is 2.38. The molecule has 2 N–H and O–H groups in total. The number of unbranched alkanes of at least 4 members (excludes halogenated alkanes) is 1. The molecule has 3 unspecified atom stereocenters. The molecule has 2 heteroatoms. The third kappa shape index (κ3) is 4.46. The second-order valence-corrected chi connectivity index (χ2v) is 7.40. The Morgan fingerprint density at radius 2 is 1.85 bits per heavy atom. The van der Waals surface area contributed by atoms with E-state index in [9.17, 15) is 0 Å². The lowest BCUT2D eigenvalue weighted by molar-refractivity contribution is 0.0393. The molecule has 0 aliphatic heterocycles. The minimum Gasteiger partial charge on any atom is -0.330 e. The lowest BCUT2D eigenvalue weighted by Gasteiger charge is -2.47. The van der Waals surface area contributed by atoms with Crippen LogP contribution in [-0.4, -0.2) is 30.6 Å². The molecule has 1 aliphatic carbocycles. The van der Waals surface area contributed by atoms with Gasteiger partial charge in [-0.25, -0.2) is 0 Å². The lowest BCUT2D eigenvalue weighted by Crippen LogP contribution is -2.49. The summed E-state index contributed by atoms with van der Waals surface area (Å²) in [4.78, 5) is 2.72. The Balaban J connectivity index is 2.76. The zero-order chi connectivity index (χ0) is 15.2. The first-order valence-corrected chi connectivity index (χ1v) is 8.94. The van der Waals surface area contributed by atoms with Crippen molar-refractivity contribution in [2.75, 3.05) is 19.6 Å². The standard InChI is InChI=1S/C18H38N2/c1-6-9-12-20(8-3)17-13-16(18(4,5)7-2)11-10-15(17)14-19/h15-17H,6-14,19H2,1-5H3. The van der Waals surface area contributed by atoms with Gasteiger partial charge in [0.15, 0.2) is 0 Å². The summed E-state index contributed by atoms with van der Waals surface area (Å²) in [5.74, 6) is 1.59. The zero-order valence-corrected chi connectivity index (χ0v) is 14.6. The van der Waals surface area contributed by atoms with Crippen LogP contribution in [0, 0.1) is 17.3 Å². The van der Waals surface area contributed by atoms with Gasteiger partial charge in [0.1, 0.15) is 0 Å². The van der Waals surface area contributed by atoms with Crippen molar-refractivity contribution in [2.24, 2.45) is 23.0 Å². The van der Waals surface area contributed by atoms with Crippen LogP contribution in [0.1, 0.15) is 73.1 Å². The topological polar surface area (TPSA) is 29.3 Å². The van der Waals surface area contributed by atoms with E-state index in [1.807, 2.05) is 0 Å². The number of nitrogens with two attached hydrogens (primary N) is 1. The van der Waals surface area contributed by atoms with E-state index < -0.39 is 0 Å². The Morgan fingerprint density at radius 3 is 2.35 bits per heavy atom. The van der Waals surface area contributed by atoms with E-state index in [0.717, 1.165) is 24.4 Å². The largest absolute Gasteiger partial charge is 0.330 e. The first-order chi connectivity index (χ1) is 9.50. The van der Waals surface area contributed by atoms with Crippen LogP contribution in [0.4, 0.5) is 0 Å². The quantitative estimate of drug-likeness (QED) is 0.719. The summed E-state index contributed by atoms with van der Waals surface area (Å²) in [6.45, 7) is 15.2. The van der Waals surface area contributed by atoms with E-state index in [1.54, 1.807) is 0 Å². The SMILES string of the molecule is CCCCN(CC)C1CC(C(C)(C)CC)CCC1CN. The van der Waals surface area contributed by atoms with Crippen molar-refractivity contribution in [1.29, 1.82) is 0 Å². The Bertz CT molecular complexity index is 262. The smallest absolute Gasteiger partial charge is 0.0138 e. The Hall–Kier alpha value is -0.0800. The van der Waals surface area contributed by atoms with Crippen LogP contribution in [0.2, 0.25) is 0 Å². The fraction of sp³-hybridized carbons (Fsp3) is 1.00. The van der Waals surface area contributed by atoms with E-state index in [2.05, 4.69) is 39.5 Å². The van der Waals surface area contributed by atoms with Crippen LogP contribution >= 0.6 is 0 Å². The van der Waals surface area contributed by atoms with Crippen LogP contribution < -0.4 is 5.73 Å². The molecule has 3 atom stereocenters. The molecule has 1 saturated carbocycles. The maximum Gasteiger partial charge on any atom is 0.0138 e. The van der Waals surface area contributed by atoms with Crippen LogP contribution in [0.25, 0.3) is 0 Å². The predicted molar refractivity (Wildman–Crippen MR) is 89.9 cm³/mol. The molecule has 0 saturated heterocycles. The summed E-state index contributed by atoms with van der Waals surface area (Å²) in [5.41, 5.74) is 6.56. The van der Waals surface area contributed by atoms with Gasteiger partial charge in [0.2, 0.25) is 0 Å². The fourth-order valence-electron chi connectivity index (χ4n) is 3.85. The third-order valence-electron chi connectivity index (χ3n) is 5.95. The highest BCUT2D eigenvalue weighted by atomic mass is 15.2. The second kappa shape index (κ2) is 8.38. The predicted octanol–water partition coefficient (Wildman–Crippen LogP) is 4.29. The molecule has 0 aromatic rings. The van der Waals surface area contributed by atoms with Gasteiger partial charge in [-0.2, -0.15) is 0 Å². The number of hydrogen-bond acceptors (Lipinski definition) is 2. The maximum absolute atomic E-state index is 6.08. The minimum atomic E-state index is 0.488. The molecule has 0 bridgehead atoms. The molecule has 2 nitrogen and oxygen atoms in total. The van der Waals surface area contributed by atoms with E-state index in [4.69, 9.17) is 5.73 Å². The van der Waals surface area contributed by atoms with Crippen molar-refractivity contribution >= 4 is 0 Å². The molecule has 0 spiro atoms. The third-order valence-corrected chi connectivity index (χ3v) is 5.95.